The fourth-order valence-electron chi connectivity index (χ4n) is 2.82. The van der Waals surface area contributed by atoms with Crippen molar-refractivity contribution < 1.29 is 9.53 Å². The van der Waals surface area contributed by atoms with E-state index in [0.717, 1.165) is 16.8 Å². The van der Waals surface area contributed by atoms with Gasteiger partial charge in [0.2, 0.25) is 0 Å². The summed E-state index contributed by atoms with van der Waals surface area (Å²) in [6.07, 6.45) is 0. The minimum atomic E-state index is -0.376. The smallest absolute Gasteiger partial charge is 0.278 e. The number of rotatable bonds is 4. The van der Waals surface area contributed by atoms with E-state index in [0.29, 0.717) is 22.2 Å². The van der Waals surface area contributed by atoms with E-state index < -0.39 is 0 Å². The van der Waals surface area contributed by atoms with Gasteiger partial charge in [0.05, 0.1) is 24.2 Å². The molecule has 7 heteroatoms. The SMILES string of the molecule is COc1ccc(Cl)cc1NC(=O)c1nnn(-c2cc(C)cc(C)c2)c1C. The minimum absolute atomic E-state index is 0.242. The van der Waals surface area contributed by atoms with E-state index in [-0.39, 0.29) is 11.6 Å². The maximum Gasteiger partial charge on any atom is 0.278 e. The Hall–Kier alpha value is -2.86. The zero-order valence-electron chi connectivity index (χ0n) is 15.0. The molecule has 0 spiro atoms. The van der Waals surface area contributed by atoms with Crippen molar-refractivity contribution in [2.75, 3.05) is 12.4 Å². The van der Waals surface area contributed by atoms with Crippen molar-refractivity contribution in [1.29, 1.82) is 0 Å². The van der Waals surface area contributed by atoms with Crippen molar-refractivity contribution in [3.63, 3.8) is 0 Å². The molecule has 0 aliphatic rings. The number of ether oxygens (including phenoxy) is 1. The van der Waals surface area contributed by atoms with E-state index in [1.165, 1.54) is 7.11 Å². The summed E-state index contributed by atoms with van der Waals surface area (Å²) in [6, 6.07) is 11.1. The highest BCUT2D eigenvalue weighted by atomic mass is 35.5. The predicted molar refractivity (Wildman–Crippen MR) is 102 cm³/mol. The van der Waals surface area contributed by atoms with Crippen LogP contribution in [0.2, 0.25) is 5.02 Å². The lowest BCUT2D eigenvalue weighted by molar-refractivity contribution is 0.102. The number of anilines is 1. The maximum absolute atomic E-state index is 12.7. The van der Waals surface area contributed by atoms with Gasteiger partial charge < -0.3 is 10.1 Å². The molecule has 3 rings (SSSR count). The Morgan fingerprint density at radius 2 is 1.81 bits per heavy atom. The summed E-state index contributed by atoms with van der Waals surface area (Å²) in [7, 11) is 1.53. The third-order valence-electron chi connectivity index (χ3n) is 3.97. The first-order valence-electron chi connectivity index (χ1n) is 8.05. The van der Waals surface area contributed by atoms with Gasteiger partial charge in [0, 0.05) is 5.02 Å². The van der Waals surface area contributed by atoms with Gasteiger partial charge in [0.25, 0.3) is 5.91 Å². The van der Waals surface area contributed by atoms with E-state index in [1.54, 1.807) is 22.9 Å². The molecule has 1 amide bonds. The number of aromatic nitrogens is 3. The molecule has 1 heterocycles. The number of aryl methyl sites for hydroxylation is 2. The van der Waals surface area contributed by atoms with Gasteiger partial charge >= 0.3 is 0 Å². The van der Waals surface area contributed by atoms with Crippen molar-refractivity contribution in [3.05, 3.63) is 63.9 Å². The van der Waals surface area contributed by atoms with Crippen molar-refractivity contribution in [2.45, 2.75) is 20.8 Å². The predicted octanol–water partition coefficient (Wildman–Crippen LogP) is 4.11. The number of carbonyl (C=O) groups excluding carboxylic acids is 1. The van der Waals surface area contributed by atoms with Gasteiger partial charge in [-0.3, -0.25) is 4.79 Å². The van der Waals surface area contributed by atoms with E-state index in [9.17, 15) is 4.79 Å². The van der Waals surface area contributed by atoms with Crippen LogP contribution >= 0.6 is 11.6 Å². The van der Waals surface area contributed by atoms with Gasteiger partial charge in [-0.25, -0.2) is 4.68 Å². The lowest BCUT2D eigenvalue weighted by atomic mass is 10.1. The van der Waals surface area contributed by atoms with Crippen LogP contribution in [0.15, 0.2) is 36.4 Å². The molecule has 6 nitrogen and oxygen atoms in total. The Morgan fingerprint density at radius 3 is 2.46 bits per heavy atom. The summed E-state index contributed by atoms with van der Waals surface area (Å²) >= 11 is 6.01. The number of amides is 1. The number of carbonyl (C=O) groups is 1. The zero-order valence-corrected chi connectivity index (χ0v) is 15.8. The van der Waals surface area contributed by atoms with Crippen LogP contribution < -0.4 is 10.1 Å². The third kappa shape index (κ3) is 3.55. The molecule has 0 saturated heterocycles. The molecule has 134 valence electrons. The quantitative estimate of drug-likeness (QED) is 0.750. The number of hydrogen-bond acceptors (Lipinski definition) is 4. The highest BCUT2D eigenvalue weighted by Gasteiger charge is 2.19. The molecule has 0 unspecified atom stereocenters. The van der Waals surface area contributed by atoms with Crippen LogP contribution in [0, 0.1) is 20.8 Å². The standard InChI is InChI=1S/C19H19ClN4O2/c1-11-7-12(2)9-15(8-11)24-13(3)18(22-23-24)19(25)21-16-10-14(20)5-6-17(16)26-4/h5-10H,1-4H3,(H,21,25). The molecule has 3 aromatic rings. The largest absolute Gasteiger partial charge is 0.495 e. The van der Waals surface area contributed by atoms with Gasteiger partial charge in [-0.15, -0.1) is 5.10 Å². The number of halogens is 1. The van der Waals surface area contributed by atoms with Crippen molar-refractivity contribution >= 4 is 23.2 Å². The summed E-state index contributed by atoms with van der Waals surface area (Å²) in [5, 5.41) is 11.5. The lowest BCUT2D eigenvalue weighted by Gasteiger charge is -2.10. The fraction of sp³-hybridized carbons (Fsp3) is 0.211. The molecular formula is C19H19ClN4O2. The summed E-state index contributed by atoms with van der Waals surface area (Å²) in [4.78, 5) is 12.7. The highest BCUT2D eigenvalue weighted by molar-refractivity contribution is 6.31. The van der Waals surface area contributed by atoms with Gasteiger partial charge in [0.15, 0.2) is 5.69 Å². The van der Waals surface area contributed by atoms with Crippen LogP contribution in [0.4, 0.5) is 5.69 Å². The van der Waals surface area contributed by atoms with Gasteiger partial charge in [-0.1, -0.05) is 22.9 Å². The monoisotopic (exact) mass is 370 g/mol. The van der Waals surface area contributed by atoms with Crippen LogP contribution in [0.25, 0.3) is 5.69 Å². The molecular weight excluding hydrogens is 352 g/mol. The number of methoxy groups -OCH3 is 1. The molecule has 1 N–H and O–H groups in total. The van der Waals surface area contributed by atoms with E-state index >= 15 is 0 Å². The van der Waals surface area contributed by atoms with E-state index in [4.69, 9.17) is 16.3 Å². The van der Waals surface area contributed by atoms with Crippen molar-refractivity contribution in [1.82, 2.24) is 15.0 Å². The van der Waals surface area contributed by atoms with Crippen molar-refractivity contribution in [2.24, 2.45) is 0 Å². The van der Waals surface area contributed by atoms with Crippen LogP contribution in [-0.4, -0.2) is 28.0 Å². The lowest BCUT2D eigenvalue weighted by Crippen LogP contribution is -2.15. The van der Waals surface area contributed by atoms with Crippen LogP contribution in [0.5, 0.6) is 5.75 Å². The summed E-state index contributed by atoms with van der Waals surface area (Å²) in [5.41, 5.74) is 4.46. The van der Waals surface area contributed by atoms with Crippen LogP contribution in [0.1, 0.15) is 27.3 Å². The average Bonchev–Trinajstić information content (AvgIpc) is 2.96. The van der Waals surface area contributed by atoms with Gasteiger partial charge in [-0.05, 0) is 62.2 Å². The molecule has 0 bridgehead atoms. The normalized spacial score (nSPS) is 10.7. The number of nitrogens with one attached hydrogen (secondary N) is 1. The van der Waals surface area contributed by atoms with E-state index in [1.807, 2.05) is 32.9 Å². The summed E-state index contributed by atoms with van der Waals surface area (Å²) < 4.78 is 6.91. The van der Waals surface area contributed by atoms with Crippen molar-refractivity contribution in [3.8, 4) is 11.4 Å². The Bertz CT molecular complexity index is 961. The Kier molecular flexibility index (Phi) is 4.95. The Labute approximate surface area is 156 Å². The number of benzene rings is 2. The average molecular weight is 371 g/mol. The third-order valence-corrected chi connectivity index (χ3v) is 4.21. The molecule has 0 atom stereocenters. The first-order chi connectivity index (χ1) is 12.4. The Balaban J connectivity index is 1.92. The summed E-state index contributed by atoms with van der Waals surface area (Å²) in [5.74, 6) is 0.140. The second-order valence-corrected chi connectivity index (χ2v) is 6.52. The Morgan fingerprint density at radius 1 is 1.12 bits per heavy atom. The van der Waals surface area contributed by atoms with Crippen LogP contribution in [0.3, 0.4) is 0 Å². The first kappa shape index (κ1) is 17.9. The molecule has 1 aromatic heterocycles. The number of hydrogen-bond donors (Lipinski definition) is 1. The van der Waals surface area contributed by atoms with Gasteiger partial charge in [-0.2, -0.15) is 0 Å². The van der Waals surface area contributed by atoms with Gasteiger partial charge in [0.1, 0.15) is 5.75 Å². The highest BCUT2D eigenvalue weighted by Crippen LogP contribution is 2.28. The molecule has 0 saturated carbocycles. The summed E-state index contributed by atoms with van der Waals surface area (Å²) in [6.45, 7) is 5.84. The molecule has 26 heavy (non-hydrogen) atoms. The maximum atomic E-state index is 12.7. The second kappa shape index (κ2) is 7.17. The van der Waals surface area contributed by atoms with E-state index in [2.05, 4.69) is 21.7 Å². The minimum Gasteiger partial charge on any atom is -0.495 e. The number of nitrogens with zero attached hydrogens (tertiary/aromatic N) is 3. The molecule has 0 fully saturated rings. The molecule has 0 aliphatic heterocycles. The second-order valence-electron chi connectivity index (χ2n) is 6.08. The topological polar surface area (TPSA) is 69.0 Å². The first-order valence-corrected chi connectivity index (χ1v) is 8.42. The zero-order chi connectivity index (χ0) is 18.8. The molecule has 0 aliphatic carbocycles. The van der Waals surface area contributed by atoms with Crippen LogP contribution in [-0.2, 0) is 0 Å². The molecule has 0 radical (unpaired) electrons. The fourth-order valence-corrected chi connectivity index (χ4v) is 2.99. The molecule has 2 aromatic carbocycles.